The monoisotopic (exact) mass is 427 g/mol. The van der Waals surface area contributed by atoms with E-state index in [2.05, 4.69) is 25.0 Å². The van der Waals surface area contributed by atoms with Crippen molar-refractivity contribution < 1.29 is 22.4 Å². The molecule has 31 heavy (non-hydrogen) atoms. The van der Waals surface area contributed by atoms with Gasteiger partial charge in [0.05, 0.1) is 6.54 Å². The second-order valence-corrected chi connectivity index (χ2v) is 7.21. The highest BCUT2D eigenvalue weighted by Crippen LogP contribution is 2.40. The number of ether oxygens (including phenoxy) is 1. The topological polar surface area (TPSA) is 78.9 Å². The van der Waals surface area contributed by atoms with Crippen molar-refractivity contribution in [3.8, 4) is 28.9 Å². The molecule has 1 aliphatic rings. The maximum atomic E-state index is 12.3. The van der Waals surface area contributed by atoms with Crippen LogP contribution in [0.1, 0.15) is 30.1 Å². The normalized spacial score (nSPS) is 14.0. The Hall–Kier alpha value is -3.69. The standard InChI is InChI=1S/C21H16F3N5O2/c22-21(23,24)30-16-10-8-14(9-11-16)17-26-20(31-28-17)18-25-19(15-6-7-15)29(27-18)12-13-4-2-1-3-5-13/h1-5,8-11,15H,6-7,12H2. The van der Waals surface area contributed by atoms with Gasteiger partial charge in [-0.1, -0.05) is 35.5 Å². The molecule has 0 radical (unpaired) electrons. The van der Waals surface area contributed by atoms with Crippen molar-refractivity contribution in [3.05, 3.63) is 66.0 Å². The first kappa shape index (κ1) is 19.3. The van der Waals surface area contributed by atoms with Crippen molar-refractivity contribution in [2.45, 2.75) is 31.7 Å². The van der Waals surface area contributed by atoms with E-state index in [0.29, 0.717) is 23.9 Å². The number of halogens is 3. The van der Waals surface area contributed by atoms with E-state index in [1.165, 1.54) is 24.3 Å². The fraction of sp³-hybridized carbons (Fsp3) is 0.238. The number of aromatic nitrogens is 5. The van der Waals surface area contributed by atoms with Crippen molar-refractivity contribution in [3.63, 3.8) is 0 Å². The summed E-state index contributed by atoms with van der Waals surface area (Å²) >= 11 is 0. The van der Waals surface area contributed by atoms with Gasteiger partial charge in [0.2, 0.25) is 11.6 Å². The summed E-state index contributed by atoms with van der Waals surface area (Å²) < 4.78 is 48.0. The smallest absolute Gasteiger partial charge is 0.406 e. The van der Waals surface area contributed by atoms with Crippen LogP contribution in [-0.4, -0.2) is 31.3 Å². The van der Waals surface area contributed by atoms with Crippen LogP contribution in [-0.2, 0) is 6.54 Å². The second kappa shape index (κ2) is 7.53. The average molecular weight is 427 g/mol. The maximum absolute atomic E-state index is 12.3. The molecule has 0 unspecified atom stereocenters. The zero-order chi connectivity index (χ0) is 21.4. The molecule has 1 fully saturated rings. The molecule has 2 heterocycles. The van der Waals surface area contributed by atoms with Crippen LogP contribution in [0.25, 0.3) is 23.1 Å². The van der Waals surface area contributed by atoms with Gasteiger partial charge in [-0.05, 0) is 42.7 Å². The molecule has 0 amide bonds. The lowest BCUT2D eigenvalue weighted by Crippen LogP contribution is -2.16. The fourth-order valence-corrected chi connectivity index (χ4v) is 3.20. The highest BCUT2D eigenvalue weighted by molar-refractivity contribution is 5.57. The molecular weight excluding hydrogens is 411 g/mol. The van der Waals surface area contributed by atoms with Gasteiger partial charge in [-0.15, -0.1) is 18.3 Å². The van der Waals surface area contributed by atoms with E-state index in [-0.39, 0.29) is 17.5 Å². The van der Waals surface area contributed by atoms with Gasteiger partial charge in [0, 0.05) is 11.5 Å². The van der Waals surface area contributed by atoms with Gasteiger partial charge in [0.25, 0.3) is 5.89 Å². The summed E-state index contributed by atoms with van der Waals surface area (Å²) in [4.78, 5) is 8.93. The Kier molecular flexibility index (Phi) is 4.68. The van der Waals surface area contributed by atoms with Crippen molar-refractivity contribution in [1.82, 2.24) is 24.9 Å². The second-order valence-electron chi connectivity index (χ2n) is 7.21. The van der Waals surface area contributed by atoms with Crippen molar-refractivity contribution in [1.29, 1.82) is 0 Å². The Bertz CT molecular complexity index is 1180. The Morgan fingerprint density at radius 1 is 0.968 bits per heavy atom. The molecule has 2 aromatic heterocycles. The van der Waals surface area contributed by atoms with Gasteiger partial charge >= 0.3 is 6.36 Å². The Morgan fingerprint density at radius 2 is 1.71 bits per heavy atom. The van der Waals surface area contributed by atoms with E-state index in [0.717, 1.165) is 24.2 Å². The highest BCUT2D eigenvalue weighted by atomic mass is 19.4. The molecule has 4 aromatic rings. The molecule has 10 heteroatoms. The van der Waals surface area contributed by atoms with Crippen LogP contribution in [0.4, 0.5) is 13.2 Å². The Labute approximate surface area is 174 Å². The predicted molar refractivity (Wildman–Crippen MR) is 103 cm³/mol. The maximum Gasteiger partial charge on any atom is 0.573 e. The van der Waals surface area contributed by atoms with Gasteiger partial charge in [0.1, 0.15) is 11.6 Å². The molecule has 0 N–H and O–H groups in total. The molecule has 0 atom stereocenters. The summed E-state index contributed by atoms with van der Waals surface area (Å²) in [7, 11) is 0. The summed E-state index contributed by atoms with van der Waals surface area (Å²) in [6.07, 6.45) is -2.62. The van der Waals surface area contributed by atoms with Crippen LogP contribution in [0.5, 0.6) is 5.75 Å². The van der Waals surface area contributed by atoms with Crippen LogP contribution in [0, 0.1) is 0 Å². The van der Waals surface area contributed by atoms with Gasteiger partial charge < -0.3 is 9.26 Å². The Morgan fingerprint density at radius 3 is 2.39 bits per heavy atom. The number of benzene rings is 2. The van der Waals surface area contributed by atoms with Gasteiger partial charge in [-0.25, -0.2) is 9.67 Å². The average Bonchev–Trinajstić information content (AvgIpc) is 3.31. The third-order valence-corrected chi connectivity index (χ3v) is 4.78. The molecule has 0 aliphatic heterocycles. The number of rotatable bonds is 6. The minimum Gasteiger partial charge on any atom is -0.406 e. The van der Waals surface area contributed by atoms with Crippen LogP contribution in [0.2, 0.25) is 0 Å². The van der Waals surface area contributed by atoms with Gasteiger partial charge in [0.15, 0.2) is 0 Å². The molecule has 1 aliphatic carbocycles. The first-order valence-corrected chi connectivity index (χ1v) is 9.63. The van der Waals surface area contributed by atoms with E-state index in [1.54, 1.807) is 0 Å². The summed E-state index contributed by atoms with van der Waals surface area (Å²) in [5, 5.41) is 8.47. The molecule has 158 valence electrons. The quantitative estimate of drug-likeness (QED) is 0.439. The van der Waals surface area contributed by atoms with Crippen LogP contribution < -0.4 is 4.74 Å². The van der Waals surface area contributed by atoms with Crippen molar-refractivity contribution >= 4 is 0 Å². The molecule has 0 spiro atoms. The molecule has 1 saturated carbocycles. The summed E-state index contributed by atoms with van der Waals surface area (Å²) in [5.41, 5.74) is 1.59. The zero-order valence-electron chi connectivity index (χ0n) is 16.1. The number of nitrogens with zero attached hydrogens (tertiary/aromatic N) is 5. The molecule has 7 nitrogen and oxygen atoms in total. The SMILES string of the molecule is FC(F)(F)Oc1ccc(-c2noc(-c3nc(C4CC4)n(Cc4ccccc4)n3)n2)cc1. The lowest BCUT2D eigenvalue weighted by Gasteiger charge is -2.08. The van der Waals surface area contributed by atoms with Crippen molar-refractivity contribution in [2.24, 2.45) is 0 Å². The largest absolute Gasteiger partial charge is 0.573 e. The first-order chi connectivity index (χ1) is 14.9. The third-order valence-electron chi connectivity index (χ3n) is 4.78. The van der Waals surface area contributed by atoms with Crippen LogP contribution in [0.3, 0.4) is 0 Å². The Balaban J connectivity index is 1.39. The van der Waals surface area contributed by atoms with E-state index in [9.17, 15) is 13.2 Å². The number of hydrogen-bond donors (Lipinski definition) is 0. The lowest BCUT2D eigenvalue weighted by atomic mass is 10.2. The highest BCUT2D eigenvalue weighted by Gasteiger charge is 2.32. The molecule has 0 saturated heterocycles. The predicted octanol–water partition coefficient (Wildman–Crippen LogP) is 4.82. The molecule has 2 aromatic carbocycles. The van der Waals surface area contributed by atoms with Gasteiger partial charge in [-0.3, -0.25) is 0 Å². The molecular formula is C21H16F3N5O2. The van der Waals surface area contributed by atoms with E-state index < -0.39 is 6.36 Å². The molecule has 5 rings (SSSR count). The first-order valence-electron chi connectivity index (χ1n) is 9.63. The minimum absolute atomic E-state index is 0.152. The zero-order valence-corrected chi connectivity index (χ0v) is 16.1. The van der Waals surface area contributed by atoms with Gasteiger partial charge in [-0.2, -0.15) is 4.98 Å². The summed E-state index contributed by atoms with van der Waals surface area (Å²) in [6, 6.07) is 15.2. The van der Waals surface area contributed by atoms with E-state index in [4.69, 9.17) is 4.52 Å². The van der Waals surface area contributed by atoms with Crippen molar-refractivity contribution in [2.75, 3.05) is 0 Å². The number of hydrogen-bond acceptors (Lipinski definition) is 6. The molecule has 0 bridgehead atoms. The summed E-state index contributed by atoms with van der Waals surface area (Å²) in [5.74, 6) is 1.63. The lowest BCUT2D eigenvalue weighted by molar-refractivity contribution is -0.274. The minimum atomic E-state index is -4.75. The van der Waals surface area contributed by atoms with Crippen LogP contribution >= 0.6 is 0 Å². The third kappa shape index (κ3) is 4.42. The van der Waals surface area contributed by atoms with E-state index >= 15 is 0 Å². The summed E-state index contributed by atoms with van der Waals surface area (Å²) in [6.45, 7) is 0.585. The van der Waals surface area contributed by atoms with E-state index in [1.807, 2.05) is 35.0 Å². The van der Waals surface area contributed by atoms with Crippen LogP contribution in [0.15, 0.2) is 59.1 Å². The number of alkyl halides is 3. The fourth-order valence-electron chi connectivity index (χ4n) is 3.20.